The number of amides is 1. The summed E-state index contributed by atoms with van der Waals surface area (Å²) in [5, 5.41) is 3.93. The number of carbonyl (C=O) groups excluding carboxylic acids is 1. The minimum absolute atomic E-state index is 0.0816. The summed E-state index contributed by atoms with van der Waals surface area (Å²) >= 11 is 0. The summed E-state index contributed by atoms with van der Waals surface area (Å²) in [6.07, 6.45) is 0. The zero-order valence-corrected chi connectivity index (χ0v) is 18.0. The van der Waals surface area contributed by atoms with Crippen molar-refractivity contribution in [3.63, 3.8) is 0 Å². The van der Waals surface area contributed by atoms with Crippen LogP contribution in [0.5, 0.6) is 0 Å². The molecular formula is C24H28N2O3. The SMILES string of the molecule is Cc1cc(C)c(NC(=O)CN(C)Cc2cc(=O)oc3cc(C)c(C)cc23)c(C)c1. The van der Waals surface area contributed by atoms with Crippen molar-refractivity contribution in [2.24, 2.45) is 0 Å². The van der Waals surface area contributed by atoms with Crippen molar-refractivity contribution in [3.8, 4) is 0 Å². The lowest BCUT2D eigenvalue weighted by atomic mass is 10.0. The number of nitrogens with one attached hydrogen (secondary N) is 1. The highest BCUT2D eigenvalue weighted by Gasteiger charge is 2.14. The van der Waals surface area contributed by atoms with Gasteiger partial charge in [0.1, 0.15) is 5.58 Å². The Morgan fingerprint density at radius 2 is 1.55 bits per heavy atom. The van der Waals surface area contributed by atoms with Crippen molar-refractivity contribution in [2.45, 2.75) is 41.2 Å². The molecule has 1 N–H and O–H groups in total. The van der Waals surface area contributed by atoms with Crippen LogP contribution in [0.1, 0.15) is 33.4 Å². The zero-order valence-electron chi connectivity index (χ0n) is 18.0. The number of hydrogen-bond acceptors (Lipinski definition) is 4. The van der Waals surface area contributed by atoms with Crippen LogP contribution in [-0.4, -0.2) is 24.4 Å². The Bertz CT molecular complexity index is 1120. The molecule has 29 heavy (non-hydrogen) atoms. The monoisotopic (exact) mass is 392 g/mol. The summed E-state index contributed by atoms with van der Waals surface area (Å²) in [6.45, 7) is 10.8. The quantitative estimate of drug-likeness (QED) is 0.654. The van der Waals surface area contributed by atoms with Gasteiger partial charge in [0, 0.05) is 23.7 Å². The summed E-state index contributed by atoms with van der Waals surface area (Å²) in [6, 6.07) is 9.57. The standard InChI is InChI=1S/C24H28N2O3/c1-14-7-17(4)24(18(5)8-14)25-22(27)13-26(6)12-19-11-23(28)29-21-10-16(3)15(2)9-20(19)21/h7-11H,12-13H2,1-6H3,(H,25,27). The van der Waals surface area contributed by atoms with Crippen molar-refractivity contribution in [3.05, 3.63) is 74.1 Å². The second kappa shape index (κ2) is 8.21. The van der Waals surface area contributed by atoms with E-state index in [4.69, 9.17) is 4.42 Å². The van der Waals surface area contributed by atoms with Gasteiger partial charge in [-0.05, 0) is 81.6 Å². The maximum Gasteiger partial charge on any atom is 0.336 e. The minimum atomic E-state index is -0.375. The zero-order chi connectivity index (χ0) is 21.3. The first-order valence-corrected chi connectivity index (χ1v) is 9.74. The third kappa shape index (κ3) is 4.74. The first-order chi connectivity index (χ1) is 13.6. The first kappa shape index (κ1) is 20.8. The molecule has 0 atom stereocenters. The third-order valence-corrected chi connectivity index (χ3v) is 5.24. The second-order valence-corrected chi connectivity index (χ2v) is 8.02. The van der Waals surface area contributed by atoms with Gasteiger partial charge in [-0.3, -0.25) is 9.69 Å². The summed E-state index contributed by atoms with van der Waals surface area (Å²) in [5.41, 5.74) is 7.43. The normalized spacial score (nSPS) is 11.3. The summed E-state index contributed by atoms with van der Waals surface area (Å²) in [7, 11) is 1.87. The molecule has 0 saturated heterocycles. The number of carbonyl (C=O) groups is 1. The molecule has 1 amide bonds. The molecule has 0 fully saturated rings. The largest absolute Gasteiger partial charge is 0.423 e. The Labute approximate surface area is 171 Å². The van der Waals surface area contributed by atoms with Crippen molar-refractivity contribution < 1.29 is 9.21 Å². The fraction of sp³-hybridized carbons (Fsp3) is 0.333. The number of aryl methyl sites for hydroxylation is 5. The van der Waals surface area contributed by atoms with E-state index in [9.17, 15) is 9.59 Å². The van der Waals surface area contributed by atoms with E-state index in [2.05, 4.69) is 17.4 Å². The molecule has 5 heteroatoms. The molecule has 2 aromatic carbocycles. The number of rotatable bonds is 5. The molecule has 3 aromatic rings. The van der Waals surface area contributed by atoms with E-state index in [0.717, 1.165) is 38.9 Å². The molecule has 0 bridgehead atoms. The summed E-state index contributed by atoms with van der Waals surface area (Å²) in [4.78, 5) is 26.5. The predicted molar refractivity (Wildman–Crippen MR) is 118 cm³/mol. The van der Waals surface area contributed by atoms with Crippen molar-refractivity contribution in [1.29, 1.82) is 0 Å². The fourth-order valence-corrected chi connectivity index (χ4v) is 3.76. The van der Waals surface area contributed by atoms with Gasteiger partial charge >= 0.3 is 5.63 Å². The van der Waals surface area contributed by atoms with E-state index in [1.807, 2.05) is 58.7 Å². The minimum Gasteiger partial charge on any atom is -0.423 e. The maximum atomic E-state index is 12.6. The van der Waals surface area contributed by atoms with Crippen LogP contribution in [0.4, 0.5) is 5.69 Å². The number of fused-ring (bicyclic) bond motifs is 1. The van der Waals surface area contributed by atoms with Crippen molar-refractivity contribution >= 4 is 22.6 Å². The molecule has 0 aliphatic heterocycles. The lowest BCUT2D eigenvalue weighted by molar-refractivity contribution is -0.117. The Morgan fingerprint density at radius 3 is 2.21 bits per heavy atom. The van der Waals surface area contributed by atoms with E-state index in [1.165, 1.54) is 11.6 Å². The average molecular weight is 392 g/mol. The molecule has 1 aromatic heterocycles. The van der Waals surface area contributed by atoms with Gasteiger partial charge in [0.15, 0.2) is 0 Å². The van der Waals surface area contributed by atoms with Crippen LogP contribution in [0.2, 0.25) is 0 Å². The van der Waals surface area contributed by atoms with Gasteiger partial charge < -0.3 is 9.73 Å². The number of nitrogens with zero attached hydrogens (tertiary/aromatic N) is 1. The number of likely N-dealkylation sites (N-methyl/N-ethyl adjacent to an activating group) is 1. The average Bonchev–Trinajstić information content (AvgIpc) is 2.59. The Morgan fingerprint density at radius 1 is 0.931 bits per heavy atom. The third-order valence-electron chi connectivity index (χ3n) is 5.24. The van der Waals surface area contributed by atoms with Crippen LogP contribution in [0.3, 0.4) is 0 Å². The van der Waals surface area contributed by atoms with E-state index in [0.29, 0.717) is 12.1 Å². The Balaban J connectivity index is 1.77. The van der Waals surface area contributed by atoms with Crippen molar-refractivity contribution in [2.75, 3.05) is 18.9 Å². The lowest BCUT2D eigenvalue weighted by Gasteiger charge is -2.19. The van der Waals surface area contributed by atoms with Crippen LogP contribution in [0, 0.1) is 34.6 Å². The highest BCUT2D eigenvalue weighted by molar-refractivity contribution is 5.93. The lowest BCUT2D eigenvalue weighted by Crippen LogP contribution is -2.30. The van der Waals surface area contributed by atoms with Crippen LogP contribution in [0.15, 0.2) is 39.5 Å². The van der Waals surface area contributed by atoms with E-state index >= 15 is 0 Å². The van der Waals surface area contributed by atoms with E-state index in [-0.39, 0.29) is 18.1 Å². The van der Waals surface area contributed by atoms with Crippen LogP contribution < -0.4 is 10.9 Å². The summed E-state index contributed by atoms with van der Waals surface area (Å²) < 4.78 is 5.36. The van der Waals surface area contributed by atoms with Crippen LogP contribution in [-0.2, 0) is 11.3 Å². The molecule has 0 unspecified atom stereocenters. The molecule has 0 aliphatic rings. The van der Waals surface area contributed by atoms with Crippen LogP contribution in [0.25, 0.3) is 11.0 Å². The van der Waals surface area contributed by atoms with E-state index < -0.39 is 0 Å². The Kier molecular flexibility index (Phi) is 5.89. The Hall–Kier alpha value is -2.92. The highest BCUT2D eigenvalue weighted by Crippen LogP contribution is 2.23. The van der Waals surface area contributed by atoms with E-state index in [1.54, 1.807) is 0 Å². The molecular weight excluding hydrogens is 364 g/mol. The van der Waals surface area contributed by atoms with Gasteiger partial charge in [-0.25, -0.2) is 4.79 Å². The van der Waals surface area contributed by atoms with Gasteiger partial charge in [-0.2, -0.15) is 0 Å². The first-order valence-electron chi connectivity index (χ1n) is 9.74. The fourth-order valence-electron chi connectivity index (χ4n) is 3.76. The molecule has 5 nitrogen and oxygen atoms in total. The van der Waals surface area contributed by atoms with Gasteiger partial charge in [0.2, 0.25) is 5.91 Å². The molecule has 3 rings (SSSR count). The molecule has 0 saturated carbocycles. The van der Waals surface area contributed by atoms with Gasteiger partial charge in [-0.15, -0.1) is 0 Å². The number of hydrogen-bond donors (Lipinski definition) is 1. The highest BCUT2D eigenvalue weighted by atomic mass is 16.4. The van der Waals surface area contributed by atoms with Gasteiger partial charge in [0.25, 0.3) is 0 Å². The molecule has 0 spiro atoms. The molecule has 0 radical (unpaired) electrons. The second-order valence-electron chi connectivity index (χ2n) is 8.02. The van der Waals surface area contributed by atoms with Gasteiger partial charge in [-0.1, -0.05) is 17.7 Å². The maximum absolute atomic E-state index is 12.6. The molecule has 152 valence electrons. The van der Waals surface area contributed by atoms with Gasteiger partial charge in [0.05, 0.1) is 6.54 Å². The topological polar surface area (TPSA) is 62.6 Å². The number of benzene rings is 2. The molecule has 0 aliphatic carbocycles. The predicted octanol–water partition coefficient (Wildman–Crippen LogP) is 4.41. The van der Waals surface area contributed by atoms with Crippen LogP contribution >= 0.6 is 0 Å². The number of anilines is 1. The molecule has 1 heterocycles. The summed E-state index contributed by atoms with van der Waals surface area (Å²) in [5.74, 6) is -0.0816. The smallest absolute Gasteiger partial charge is 0.336 e. The van der Waals surface area contributed by atoms with Crippen molar-refractivity contribution in [1.82, 2.24) is 4.90 Å².